The molecule has 1 fully saturated rings. The fourth-order valence-corrected chi connectivity index (χ4v) is 5.33. The molecule has 1 aliphatic heterocycles. The van der Waals surface area contributed by atoms with Crippen LogP contribution < -0.4 is 10.9 Å². The van der Waals surface area contributed by atoms with Gasteiger partial charge < -0.3 is 5.32 Å². The van der Waals surface area contributed by atoms with Crippen LogP contribution in [0.15, 0.2) is 71.1 Å². The number of thiophene rings is 1. The molecule has 1 saturated heterocycles. The molecule has 174 valence electrons. The molecule has 4 aromatic rings. The van der Waals surface area contributed by atoms with Gasteiger partial charge in [-0.1, -0.05) is 42.5 Å². The van der Waals surface area contributed by atoms with E-state index in [0.29, 0.717) is 15.8 Å². The number of nitrogens with zero attached hydrogens (tertiary/aromatic N) is 3. The topological polar surface area (TPSA) is 67.2 Å². The van der Waals surface area contributed by atoms with Gasteiger partial charge in [0.25, 0.3) is 5.56 Å². The molecule has 6 nitrogen and oxygen atoms in total. The summed E-state index contributed by atoms with van der Waals surface area (Å²) in [4.78, 5) is 33.3. The summed E-state index contributed by atoms with van der Waals surface area (Å²) in [7, 11) is 0. The Hall–Kier alpha value is -3.36. The number of hydrogen-bond acceptors (Lipinski definition) is 5. The van der Waals surface area contributed by atoms with Crippen LogP contribution in [0.25, 0.3) is 21.3 Å². The van der Waals surface area contributed by atoms with Crippen LogP contribution in [-0.2, 0) is 17.9 Å². The van der Waals surface area contributed by atoms with Crippen molar-refractivity contribution in [3.8, 4) is 11.1 Å². The number of amides is 1. The maximum Gasteiger partial charge on any atom is 0.263 e. The van der Waals surface area contributed by atoms with E-state index in [4.69, 9.17) is 0 Å². The van der Waals surface area contributed by atoms with E-state index in [1.54, 1.807) is 12.1 Å². The maximum absolute atomic E-state index is 13.3. The van der Waals surface area contributed by atoms with E-state index in [2.05, 4.69) is 39.5 Å². The van der Waals surface area contributed by atoms with E-state index < -0.39 is 0 Å². The predicted molar refractivity (Wildman–Crippen MR) is 132 cm³/mol. The normalized spacial score (nSPS) is 15.0. The molecule has 1 N–H and O–H groups in total. The average Bonchev–Trinajstić information content (AvgIpc) is 3.28. The Morgan fingerprint density at radius 2 is 1.82 bits per heavy atom. The van der Waals surface area contributed by atoms with Gasteiger partial charge in [0.05, 0.1) is 11.7 Å². The predicted octanol–water partition coefficient (Wildman–Crippen LogP) is 4.04. The van der Waals surface area contributed by atoms with Crippen molar-refractivity contribution in [2.24, 2.45) is 0 Å². The van der Waals surface area contributed by atoms with Gasteiger partial charge in [-0.25, -0.2) is 9.37 Å². The second-order valence-electron chi connectivity index (χ2n) is 8.62. The molecule has 0 spiro atoms. The average molecular weight is 477 g/mol. The third kappa shape index (κ3) is 4.93. The molecule has 0 aliphatic carbocycles. The van der Waals surface area contributed by atoms with Crippen molar-refractivity contribution in [1.82, 2.24) is 19.8 Å². The summed E-state index contributed by atoms with van der Waals surface area (Å²) in [6.07, 6.45) is 3.19. The highest BCUT2D eigenvalue weighted by atomic mass is 32.1. The number of rotatable bonds is 6. The molecule has 5 rings (SSSR count). The summed E-state index contributed by atoms with van der Waals surface area (Å²) in [6, 6.07) is 16.5. The first-order valence-electron chi connectivity index (χ1n) is 11.3. The van der Waals surface area contributed by atoms with Crippen LogP contribution in [0.4, 0.5) is 4.39 Å². The largest absolute Gasteiger partial charge is 0.352 e. The fourth-order valence-electron chi connectivity index (χ4n) is 4.43. The third-order valence-electron chi connectivity index (χ3n) is 6.23. The zero-order chi connectivity index (χ0) is 23.5. The van der Waals surface area contributed by atoms with Gasteiger partial charge in [0.1, 0.15) is 17.2 Å². The lowest BCUT2D eigenvalue weighted by Crippen LogP contribution is -2.45. The first kappa shape index (κ1) is 22.4. The summed E-state index contributed by atoms with van der Waals surface area (Å²) in [5.74, 6) is -0.523. The molecule has 1 amide bonds. The van der Waals surface area contributed by atoms with Crippen LogP contribution in [0.3, 0.4) is 0 Å². The highest BCUT2D eigenvalue weighted by molar-refractivity contribution is 7.17. The summed E-state index contributed by atoms with van der Waals surface area (Å²) in [5, 5.41) is 5.39. The number of benzene rings is 2. The number of aromatic nitrogens is 2. The molecular formula is C26H25FN4O2S. The number of fused-ring (bicyclic) bond motifs is 1. The minimum Gasteiger partial charge on any atom is -0.352 e. The Labute approximate surface area is 200 Å². The minimum absolute atomic E-state index is 0.0787. The molecule has 0 saturated carbocycles. The van der Waals surface area contributed by atoms with Gasteiger partial charge in [-0.3, -0.25) is 19.1 Å². The number of halogens is 1. The lowest BCUT2D eigenvalue weighted by molar-refractivity contribution is -0.122. The van der Waals surface area contributed by atoms with E-state index in [1.807, 2.05) is 11.4 Å². The van der Waals surface area contributed by atoms with Crippen molar-refractivity contribution < 1.29 is 9.18 Å². The molecule has 2 aromatic heterocycles. The number of piperidine rings is 1. The Kier molecular flexibility index (Phi) is 6.51. The highest BCUT2D eigenvalue weighted by Crippen LogP contribution is 2.30. The number of likely N-dealkylation sites (tertiary alicyclic amines) is 1. The van der Waals surface area contributed by atoms with Gasteiger partial charge in [-0.2, -0.15) is 0 Å². The molecule has 0 bridgehead atoms. The van der Waals surface area contributed by atoms with E-state index in [-0.39, 0.29) is 29.9 Å². The molecule has 34 heavy (non-hydrogen) atoms. The van der Waals surface area contributed by atoms with Crippen molar-refractivity contribution in [3.05, 3.63) is 88.0 Å². The first-order valence-corrected chi connectivity index (χ1v) is 12.2. The Balaban J connectivity index is 1.23. The first-order chi connectivity index (χ1) is 16.6. The van der Waals surface area contributed by atoms with Crippen LogP contribution in [-0.4, -0.2) is 39.5 Å². The summed E-state index contributed by atoms with van der Waals surface area (Å²) in [6.45, 7) is 2.68. The highest BCUT2D eigenvalue weighted by Gasteiger charge is 2.21. The second kappa shape index (κ2) is 9.87. The Morgan fingerprint density at radius 1 is 1.09 bits per heavy atom. The van der Waals surface area contributed by atoms with Crippen molar-refractivity contribution in [2.45, 2.75) is 32.0 Å². The van der Waals surface area contributed by atoms with Crippen molar-refractivity contribution in [3.63, 3.8) is 0 Å². The summed E-state index contributed by atoms with van der Waals surface area (Å²) >= 11 is 1.36. The van der Waals surface area contributed by atoms with Crippen LogP contribution >= 0.6 is 11.3 Å². The molecule has 2 aromatic carbocycles. The molecule has 0 unspecified atom stereocenters. The number of hydrogen-bond donors (Lipinski definition) is 1. The van der Waals surface area contributed by atoms with E-state index in [1.165, 1.54) is 39.9 Å². The van der Waals surface area contributed by atoms with Crippen LogP contribution in [0.1, 0.15) is 18.4 Å². The molecule has 0 atom stereocenters. The van der Waals surface area contributed by atoms with Crippen molar-refractivity contribution >= 4 is 27.5 Å². The van der Waals surface area contributed by atoms with Crippen LogP contribution in [0.2, 0.25) is 0 Å². The quantitative estimate of drug-likeness (QED) is 0.456. The molecule has 3 heterocycles. The van der Waals surface area contributed by atoms with Crippen molar-refractivity contribution in [1.29, 1.82) is 0 Å². The lowest BCUT2D eigenvalue weighted by Gasteiger charge is -2.32. The van der Waals surface area contributed by atoms with Crippen LogP contribution in [0.5, 0.6) is 0 Å². The number of carbonyl (C=O) groups excluding carboxylic acids is 1. The van der Waals surface area contributed by atoms with E-state index in [0.717, 1.165) is 38.0 Å². The van der Waals surface area contributed by atoms with Gasteiger partial charge in [-0.15, -0.1) is 11.3 Å². The molecule has 8 heteroatoms. The molecule has 1 aliphatic rings. The summed E-state index contributed by atoms with van der Waals surface area (Å²) < 4.78 is 14.7. The smallest absolute Gasteiger partial charge is 0.263 e. The SMILES string of the molecule is O=C(Cn1cnc2scc(-c3ccc(F)cc3)c2c1=O)NC1CCN(Cc2ccccc2)CC1. The zero-order valence-electron chi connectivity index (χ0n) is 18.6. The second-order valence-corrected chi connectivity index (χ2v) is 9.48. The fraction of sp³-hybridized carbons (Fsp3) is 0.269. The van der Waals surface area contributed by atoms with Gasteiger partial charge >= 0.3 is 0 Å². The van der Waals surface area contributed by atoms with E-state index >= 15 is 0 Å². The van der Waals surface area contributed by atoms with Gasteiger partial charge in [0.2, 0.25) is 5.91 Å². The number of nitrogens with one attached hydrogen (secondary N) is 1. The minimum atomic E-state index is -0.332. The monoisotopic (exact) mass is 476 g/mol. The molecule has 0 radical (unpaired) electrons. The maximum atomic E-state index is 13.3. The van der Waals surface area contributed by atoms with Crippen molar-refractivity contribution in [2.75, 3.05) is 13.1 Å². The lowest BCUT2D eigenvalue weighted by atomic mass is 10.0. The van der Waals surface area contributed by atoms with Gasteiger partial charge in [0, 0.05) is 36.6 Å². The van der Waals surface area contributed by atoms with Crippen LogP contribution in [0, 0.1) is 5.82 Å². The summed E-state index contributed by atoms with van der Waals surface area (Å²) in [5.41, 5.74) is 2.48. The molecular weight excluding hydrogens is 451 g/mol. The third-order valence-corrected chi connectivity index (χ3v) is 7.12. The van der Waals surface area contributed by atoms with Gasteiger partial charge in [-0.05, 0) is 36.1 Å². The number of carbonyl (C=O) groups is 1. The van der Waals surface area contributed by atoms with E-state index in [9.17, 15) is 14.0 Å². The Morgan fingerprint density at radius 3 is 2.56 bits per heavy atom. The van der Waals surface area contributed by atoms with Gasteiger partial charge in [0.15, 0.2) is 0 Å². The standard InChI is InChI=1S/C26H25FN4O2S/c27-20-8-6-19(7-9-20)22-16-34-25-24(22)26(33)31(17-28-25)15-23(32)29-21-10-12-30(13-11-21)14-18-4-2-1-3-5-18/h1-9,16-17,21H,10-15H2,(H,29,32). The zero-order valence-corrected chi connectivity index (χ0v) is 19.4. The Bertz CT molecular complexity index is 1340.